The molecule has 0 N–H and O–H groups in total. The normalized spacial score (nSPS) is 19.8. The summed E-state index contributed by atoms with van der Waals surface area (Å²) in [7, 11) is 0. The van der Waals surface area contributed by atoms with Gasteiger partial charge in [0, 0.05) is 20.8 Å². The Balaban J connectivity index is 2.86. The van der Waals surface area contributed by atoms with Crippen molar-refractivity contribution in [2.24, 2.45) is 0 Å². The fraction of sp³-hybridized carbons (Fsp3) is 0.667. The molecule has 0 aromatic rings. The van der Waals surface area contributed by atoms with E-state index in [0.717, 1.165) is 13.8 Å². The maximum Gasteiger partial charge on any atom is 0.508 e. The average Bonchev–Trinajstić information content (AvgIpc) is 2.77. The zero-order chi connectivity index (χ0) is 16.0. The van der Waals surface area contributed by atoms with Crippen LogP contribution in [0.15, 0.2) is 0 Å². The predicted molar refractivity (Wildman–Crippen MR) is 64.0 cm³/mol. The molecule has 9 nitrogen and oxygen atoms in total. The molecule has 1 rings (SSSR count). The Labute approximate surface area is 120 Å². The minimum atomic E-state index is -1.14. The van der Waals surface area contributed by atoms with Crippen molar-refractivity contribution >= 4 is 24.1 Å². The van der Waals surface area contributed by atoms with E-state index in [-0.39, 0.29) is 13.2 Å². The highest BCUT2D eigenvalue weighted by atomic mass is 16.8. The van der Waals surface area contributed by atoms with Crippen LogP contribution in [-0.2, 0) is 38.1 Å². The van der Waals surface area contributed by atoms with Crippen LogP contribution in [0, 0.1) is 0 Å². The number of carbonyl (C=O) groups excluding carboxylic acids is 4. The van der Waals surface area contributed by atoms with Crippen LogP contribution in [0.3, 0.4) is 0 Å². The third-order valence-corrected chi connectivity index (χ3v) is 2.42. The standard InChI is InChI=1S/C12H16O9/c1-6(13)17-4-9(19-7(2)14)11(20-8(3)15)10-5-18-12(16)21-10/h9-11H,4-5H2,1-3H3/t9-,10+,11+/m0/s1. The van der Waals surface area contributed by atoms with Gasteiger partial charge in [-0.3, -0.25) is 14.4 Å². The quantitative estimate of drug-likeness (QED) is 0.492. The second-order valence-electron chi connectivity index (χ2n) is 4.24. The van der Waals surface area contributed by atoms with E-state index < -0.39 is 42.4 Å². The molecule has 0 aliphatic carbocycles. The molecule has 1 aliphatic rings. The van der Waals surface area contributed by atoms with Gasteiger partial charge < -0.3 is 23.7 Å². The van der Waals surface area contributed by atoms with Crippen LogP contribution in [0.1, 0.15) is 20.8 Å². The summed E-state index contributed by atoms with van der Waals surface area (Å²) >= 11 is 0. The number of cyclic esters (lactones) is 2. The van der Waals surface area contributed by atoms with E-state index in [4.69, 9.17) is 18.9 Å². The largest absolute Gasteiger partial charge is 0.508 e. The Bertz CT molecular complexity index is 430. The minimum absolute atomic E-state index is 0.172. The molecule has 0 bridgehead atoms. The monoisotopic (exact) mass is 304 g/mol. The molecule has 0 saturated carbocycles. The van der Waals surface area contributed by atoms with Crippen molar-refractivity contribution in [2.75, 3.05) is 13.2 Å². The Hall–Kier alpha value is -2.32. The van der Waals surface area contributed by atoms with Crippen molar-refractivity contribution in [3.05, 3.63) is 0 Å². The number of ether oxygens (including phenoxy) is 5. The van der Waals surface area contributed by atoms with Gasteiger partial charge in [-0.1, -0.05) is 0 Å². The van der Waals surface area contributed by atoms with Crippen molar-refractivity contribution in [2.45, 2.75) is 39.1 Å². The molecule has 118 valence electrons. The maximum atomic E-state index is 11.2. The van der Waals surface area contributed by atoms with E-state index in [2.05, 4.69) is 4.74 Å². The Morgan fingerprint density at radius 3 is 2.19 bits per heavy atom. The molecule has 1 fully saturated rings. The van der Waals surface area contributed by atoms with E-state index in [0.29, 0.717) is 0 Å². The lowest BCUT2D eigenvalue weighted by Gasteiger charge is -2.27. The van der Waals surface area contributed by atoms with Crippen LogP contribution in [0.25, 0.3) is 0 Å². The molecule has 0 spiro atoms. The molecule has 3 atom stereocenters. The topological polar surface area (TPSA) is 114 Å². The first-order chi connectivity index (χ1) is 9.79. The Morgan fingerprint density at radius 2 is 1.76 bits per heavy atom. The first kappa shape index (κ1) is 16.7. The molecule has 9 heteroatoms. The number of esters is 3. The predicted octanol–water partition coefficient (Wildman–Crippen LogP) is -0.0517. The Kier molecular flexibility index (Phi) is 5.94. The summed E-state index contributed by atoms with van der Waals surface area (Å²) in [6.07, 6.45) is -4.14. The summed E-state index contributed by atoms with van der Waals surface area (Å²) in [4.78, 5) is 44.1. The van der Waals surface area contributed by atoms with Crippen LogP contribution in [0.5, 0.6) is 0 Å². The van der Waals surface area contributed by atoms with Crippen LogP contribution in [0.4, 0.5) is 4.79 Å². The summed E-state index contributed by atoms with van der Waals surface area (Å²) < 4.78 is 24.2. The van der Waals surface area contributed by atoms with Crippen molar-refractivity contribution in [3.63, 3.8) is 0 Å². The number of hydrogen-bond donors (Lipinski definition) is 0. The third-order valence-electron chi connectivity index (χ3n) is 2.42. The molecule has 0 aromatic carbocycles. The van der Waals surface area contributed by atoms with Crippen molar-refractivity contribution in [1.82, 2.24) is 0 Å². The summed E-state index contributed by atoms with van der Waals surface area (Å²) in [5, 5.41) is 0. The fourth-order valence-electron chi connectivity index (χ4n) is 1.70. The zero-order valence-electron chi connectivity index (χ0n) is 11.8. The van der Waals surface area contributed by atoms with E-state index in [1.54, 1.807) is 0 Å². The summed E-state index contributed by atoms with van der Waals surface area (Å²) in [5.41, 5.74) is 0. The van der Waals surface area contributed by atoms with Gasteiger partial charge in [0.15, 0.2) is 18.3 Å². The molecule has 1 heterocycles. The van der Waals surface area contributed by atoms with Crippen LogP contribution < -0.4 is 0 Å². The molecule has 0 unspecified atom stereocenters. The Morgan fingerprint density at radius 1 is 1.14 bits per heavy atom. The summed E-state index contributed by atoms with van der Waals surface area (Å²) in [5.74, 6) is -1.95. The SMILES string of the molecule is CC(=O)OC[C@H](OC(C)=O)[C@@H](OC(C)=O)[C@H]1COC(=O)O1. The molecule has 0 aromatic heterocycles. The van der Waals surface area contributed by atoms with Gasteiger partial charge in [0.2, 0.25) is 0 Å². The number of carbonyl (C=O) groups is 4. The number of rotatable bonds is 6. The van der Waals surface area contributed by atoms with Crippen molar-refractivity contribution in [1.29, 1.82) is 0 Å². The van der Waals surface area contributed by atoms with E-state index in [1.807, 2.05) is 0 Å². The highest BCUT2D eigenvalue weighted by Crippen LogP contribution is 2.19. The van der Waals surface area contributed by atoms with Gasteiger partial charge in [0.05, 0.1) is 0 Å². The third kappa shape index (κ3) is 5.67. The molecular formula is C12H16O9. The van der Waals surface area contributed by atoms with Gasteiger partial charge in [-0.15, -0.1) is 0 Å². The molecule has 0 amide bonds. The molecule has 21 heavy (non-hydrogen) atoms. The lowest BCUT2D eigenvalue weighted by Crippen LogP contribution is -2.46. The first-order valence-corrected chi connectivity index (χ1v) is 6.10. The van der Waals surface area contributed by atoms with E-state index in [1.165, 1.54) is 6.92 Å². The zero-order valence-corrected chi connectivity index (χ0v) is 11.8. The van der Waals surface area contributed by atoms with Crippen molar-refractivity contribution < 1.29 is 42.9 Å². The van der Waals surface area contributed by atoms with Crippen LogP contribution in [-0.4, -0.2) is 55.6 Å². The van der Waals surface area contributed by atoms with Gasteiger partial charge in [-0.05, 0) is 0 Å². The van der Waals surface area contributed by atoms with Crippen LogP contribution in [0.2, 0.25) is 0 Å². The summed E-state index contributed by atoms with van der Waals surface area (Å²) in [6.45, 7) is 2.93. The van der Waals surface area contributed by atoms with Crippen molar-refractivity contribution in [3.8, 4) is 0 Å². The number of hydrogen-bond acceptors (Lipinski definition) is 9. The second-order valence-corrected chi connectivity index (χ2v) is 4.24. The lowest BCUT2D eigenvalue weighted by atomic mass is 10.1. The van der Waals surface area contributed by atoms with Gasteiger partial charge in [0.1, 0.15) is 13.2 Å². The average molecular weight is 304 g/mol. The van der Waals surface area contributed by atoms with Gasteiger partial charge in [-0.25, -0.2) is 4.79 Å². The molecule has 1 saturated heterocycles. The molecular weight excluding hydrogens is 288 g/mol. The minimum Gasteiger partial charge on any atom is -0.462 e. The second kappa shape index (κ2) is 7.46. The van der Waals surface area contributed by atoms with E-state index >= 15 is 0 Å². The first-order valence-electron chi connectivity index (χ1n) is 6.10. The lowest BCUT2D eigenvalue weighted by molar-refractivity contribution is -0.180. The fourth-order valence-corrected chi connectivity index (χ4v) is 1.70. The highest BCUT2D eigenvalue weighted by molar-refractivity contribution is 5.68. The smallest absolute Gasteiger partial charge is 0.462 e. The molecule has 0 radical (unpaired) electrons. The van der Waals surface area contributed by atoms with E-state index in [9.17, 15) is 19.2 Å². The van der Waals surface area contributed by atoms with Crippen LogP contribution >= 0.6 is 0 Å². The molecule has 1 aliphatic heterocycles. The highest BCUT2D eigenvalue weighted by Gasteiger charge is 2.42. The maximum absolute atomic E-state index is 11.2. The van der Waals surface area contributed by atoms with Gasteiger partial charge >= 0.3 is 24.1 Å². The van der Waals surface area contributed by atoms with Gasteiger partial charge in [0.25, 0.3) is 0 Å². The van der Waals surface area contributed by atoms with Gasteiger partial charge in [-0.2, -0.15) is 0 Å². The summed E-state index contributed by atoms with van der Waals surface area (Å²) in [6, 6.07) is 0.